The number of hydrogen-bond acceptors (Lipinski definition) is 11. The van der Waals surface area contributed by atoms with Crippen molar-refractivity contribution < 1.29 is 50.6 Å². The van der Waals surface area contributed by atoms with Crippen molar-refractivity contribution in [2.45, 2.75) is 61.0 Å². The zero-order valence-electron chi connectivity index (χ0n) is 20.6. The Morgan fingerprint density at radius 1 is 0.788 bits per heavy atom. The summed E-state index contributed by atoms with van der Waals surface area (Å²) < 4.78 is 62.0. The molecular weight excluding hydrogens is 480 g/mol. The van der Waals surface area contributed by atoms with Gasteiger partial charge in [-0.25, -0.2) is 9.13 Å². The number of esters is 1. The van der Waals surface area contributed by atoms with Gasteiger partial charge in [-0.15, -0.1) is 0 Å². The number of rotatable bonds is 19. The van der Waals surface area contributed by atoms with E-state index < -0.39 is 39.0 Å². The Morgan fingerprint density at radius 3 is 1.73 bits per heavy atom. The van der Waals surface area contributed by atoms with Crippen molar-refractivity contribution in [1.29, 1.82) is 0 Å². The molecule has 14 heteroatoms. The summed E-state index contributed by atoms with van der Waals surface area (Å²) in [6.45, 7) is 11.3. The molecule has 0 saturated carbocycles. The summed E-state index contributed by atoms with van der Waals surface area (Å²) in [6.07, 6.45) is -1.50. The molecule has 0 aromatic heterocycles. The van der Waals surface area contributed by atoms with Crippen molar-refractivity contribution in [2.24, 2.45) is 5.41 Å². The third-order valence-electron chi connectivity index (χ3n) is 3.86. The van der Waals surface area contributed by atoms with Crippen molar-refractivity contribution in [3.8, 4) is 0 Å². The average Bonchev–Trinajstić information content (AvgIpc) is 2.71. The lowest BCUT2D eigenvalue weighted by Gasteiger charge is -2.34. The minimum Gasteiger partial charge on any atom is -0.466 e. The molecule has 0 rings (SSSR count). The van der Waals surface area contributed by atoms with E-state index >= 15 is 0 Å². The maximum absolute atomic E-state index is 13.0. The van der Waals surface area contributed by atoms with Gasteiger partial charge >= 0.3 is 21.6 Å². The van der Waals surface area contributed by atoms with E-state index in [0.29, 0.717) is 0 Å². The lowest BCUT2D eigenvalue weighted by molar-refractivity contribution is -0.143. The van der Waals surface area contributed by atoms with Crippen LogP contribution in [0.2, 0.25) is 0 Å². The second-order valence-corrected chi connectivity index (χ2v) is 10.4. The van der Waals surface area contributed by atoms with Crippen LogP contribution in [0.3, 0.4) is 0 Å². The molecule has 0 unspecified atom stereocenters. The van der Waals surface area contributed by atoms with Crippen LogP contribution >= 0.6 is 15.6 Å². The van der Waals surface area contributed by atoms with Crippen LogP contribution in [0.25, 0.3) is 0 Å². The van der Waals surface area contributed by atoms with Gasteiger partial charge in [-0.3, -0.25) is 36.7 Å². The number of nitrogens with one attached hydrogen (secondary N) is 1. The standard InChI is InChI=1S/C19H39NO11P2/c1-8-25-16(21)13-14-20-18(22)17(31-33(24,28-11-4)29-12-5)19(6,7)15-30-32(23,26-9-2)27-10-3/h17H,8-15H2,1-7H3,(H,20,22)/t17-/m0/s1. The van der Waals surface area contributed by atoms with E-state index in [1.807, 2.05) is 0 Å². The predicted octanol–water partition coefficient (Wildman–Crippen LogP) is 3.85. The summed E-state index contributed by atoms with van der Waals surface area (Å²) in [4.78, 5) is 24.5. The van der Waals surface area contributed by atoms with E-state index in [-0.39, 0.29) is 52.6 Å². The fraction of sp³-hybridized carbons (Fsp3) is 0.895. The summed E-state index contributed by atoms with van der Waals surface area (Å²) in [6, 6.07) is 0. The Bertz CT molecular complexity index is 667. The molecule has 0 fully saturated rings. The minimum absolute atomic E-state index is 0.00921. The number of carbonyl (C=O) groups is 2. The Kier molecular flexibility index (Phi) is 15.5. The Morgan fingerprint density at radius 2 is 1.27 bits per heavy atom. The van der Waals surface area contributed by atoms with E-state index in [4.69, 9.17) is 31.9 Å². The van der Waals surface area contributed by atoms with Crippen molar-refractivity contribution in [2.75, 3.05) is 46.2 Å². The Labute approximate surface area is 196 Å². The summed E-state index contributed by atoms with van der Waals surface area (Å²) in [5, 5.41) is 2.55. The molecule has 0 aromatic carbocycles. The van der Waals surface area contributed by atoms with Gasteiger partial charge in [0.25, 0.3) is 0 Å². The summed E-state index contributed by atoms with van der Waals surface area (Å²) in [7, 11) is -8.00. The van der Waals surface area contributed by atoms with Gasteiger partial charge in [0.1, 0.15) is 0 Å². The third-order valence-corrected chi connectivity index (χ3v) is 7.07. The summed E-state index contributed by atoms with van der Waals surface area (Å²) in [5.74, 6) is -1.18. The van der Waals surface area contributed by atoms with Gasteiger partial charge in [-0.2, -0.15) is 0 Å². The lowest BCUT2D eigenvalue weighted by atomic mass is 9.87. The van der Waals surface area contributed by atoms with Gasteiger partial charge in [0.15, 0.2) is 6.10 Å². The molecule has 0 aliphatic heterocycles. The van der Waals surface area contributed by atoms with Crippen molar-refractivity contribution in [1.82, 2.24) is 5.32 Å². The first kappa shape index (κ1) is 32.2. The number of amides is 1. The molecule has 12 nitrogen and oxygen atoms in total. The van der Waals surface area contributed by atoms with Gasteiger partial charge in [-0.05, 0) is 34.6 Å². The SMILES string of the molecule is CCOC(=O)CCNC(=O)[C@H](OP(=O)(OCC)OCC)C(C)(C)COP(=O)(OCC)OCC. The van der Waals surface area contributed by atoms with Gasteiger partial charge < -0.3 is 10.1 Å². The molecule has 0 bridgehead atoms. The van der Waals surface area contributed by atoms with Crippen LogP contribution in [-0.4, -0.2) is 64.2 Å². The number of ether oxygens (including phenoxy) is 1. The highest BCUT2D eigenvalue weighted by atomic mass is 31.2. The second-order valence-electron chi connectivity index (χ2n) is 7.16. The van der Waals surface area contributed by atoms with Crippen LogP contribution in [0, 0.1) is 5.41 Å². The number of hydrogen-bond donors (Lipinski definition) is 1. The lowest BCUT2D eigenvalue weighted by Crippen LogP contribution is -2.47. The monoisotopic (exact) mass is 519 g/mol. The molecule has 0 aromatic rings. The van der Waals surface area contributed by atoms with Crippen LogP contribution in [0.15, 0.2) is 0 Å². The molecule has 0 radical (unpaired) electrons. The molecule has 0 saturated heterocycles. The van der Waals surface area contributed by atoms with E-state index in [9.17, 15) is 18.7 Å². The minimum atomic E-state index is -4.12. The molecule has 0 heterocycles. The van der Waals surface area contributed by atoms with Gasteiger partial charge in [0.05, 0.1) is 46.1 Å². The van der Waals surface area contributed by atoms with Crippen molar-refractivity contribution in [3.63, 3.8) is 0 Å². The first-order chi connectivity index (χ1) is 15.4. The Hall–Kier alpha value is -0.840. The van der Waals surface area contributed by atoms with Crippen molar-refractivity contribution in [3.05, 3.63) is 0 Å². The van der Waals surface area contributed by atoms with Crippen molar-refractivity contribution >= 4 is 27.5 Å². The maximum atomic E-state index is 13.0. The quantitative estimate of drug-likeness (QED) is 0.196. The highest BCUT2D eigenvalue weighted by molar-refractivity contribution is 7.48. The number of carbonyl (C=O) groups excluding carboxylic acids is 2. The largest absolute Gasteiger partial charge is 0.475 e. The van der Waals surface area contributed by atoms with Crippen LogP contribution in [0.4, 0.5) is 0 Å². The highest BCUT2D eigenvalue weighted by Gasteiger charge is 2.44. The summed E-state index contributed by atoms with van der Waals surface area (Å²) >= 11 is 0. The number of phosphoric ester groups is 2. The van der Waals surface area contributed by atoms with Crippen LogP contribution < -0.4 is 5.32 Å². The zero-order chi connectivity index (χ0) is 25.5. The first-order valence-corrected chi connectivity index (χ1v) is 13.9. The molecule has 0 spiro atoms. The fourth-order valence-corrected chi connectivity index (χ4v) is 5.27. The Balaban J connectivity index is 5.67. The topological polar surface area (TPSA) is 145 Å². The number of phosphoric acid groups is 2. The van der Waals surface area contributed by atoms with Crippen LogP contribution in [-0.2, 0) is 50.6 Å². The second kappa shape index (κ2) is 15.9. The fourth-order valence-electron chi connectivity index (χ4n) is 2.45. The zero-order valence-corrected chi connectivity index (χ0v) is 22.4. The normalized spacial score (nSPS) is 13.5. The van der Waals surface area contributed by atoms with Gasteiger partial charge in [-0.1, -0.05) is 13.8 Å². The predicted molar refractivity (Wildman–Crippen MR) is 121 cm³/mol. The van der Waals surface area contributed by atoms with E-state index in [0.717, 1.165) is 0 Å². The van der Waals surface area contributed by atoms with Gasteiger partial charge in [0.2, 0.25) is 5.91 Å². The molecule has 0 aliphatic rings. The molecule has 1 atom stereocenters. The maximum Gasteiger partial charge on any atom is 0.475 e. The first-order valence-electron chi connectivity index (χ1n) is 11.0. The van der Waals surface area contributed by atoms with E-state index in [1.54, 1.807) is 48.5 Å². The molecule has 1 amide bonds. The van der Waals surface area contributed by atoms with Crippen LogP contribution in [0.5, 0.6) is 0 Å². The highest BCUT2D eigenvalue weighted by Crippen LogP contribution is 2.54. The molecule has 196 valence electrons. The summed E-state index contributed by atoms with van der Waals surface area (Å²) in [5.41, 5.74) is -1.21. The average molecular weight is 519 g/mol. The molecular formula is C19H39NO11P2. The molecule has 1 N–H and O–H groups in total. The van der Waals surface area contributed by atoms with E-state index in [2.05, 4.69) is 5.32 Å². The van der Waals surface area contributed by atoms with Gasteiger partial charge in [0, 0.05) is 12.0 Å². The molecule has 0 aliphatic carbocycles. The third kappa shape index (κ3) is 12.4. The molecule has 33 heavy (non-hydrogen) atoms. The van der Waals surface area contributed by atoms with E-state index in [1.165, 1.54) is 0 Å². The van der Waals surface area contributed by atoms with Crippen LogP contribution in [0.1, 0.15) is 54.9 Å². The smallest absolute Gasteiger partial charge is 0.466 e.